The van der Waals surface area contributed by atoms with Gasteiger partial charge in [0.15, 0.2) is 0 Å². The molecule has 2 N–H and O–H groups in total. The molecule has 0 fully saturated rings. The van der Waals surface area contributed by atoms with E-state index in [0.29, 0.717) is 17.3 Å². The number of carboxylic acids is 1. The Balaban J connectivity index is 1.67. The molecule has 0 aliphatic rings. The van der Waals surface area contributed by atoms with Crippen LogP contribution in [-0.4, -0.2) is 27.0 Å². The van der Waals surface area contributed by atoms with Crippen LogP contribution in [0, 0.1) is 0 Å². The van der Waals surface area contributed by atoms with Crippen molar-refractivity contribution in [1.82, 2.24) is 9.97 Å². The number of hydrogen-bond acceptors (Lipinski definition) is 5. The fourth-order valence-corrected chi connectivity index (χ4v) is 3.54. The van der Waals surface area contributed by atoms with Crippen molar-refractivity contribution in [2.24, 2.45) is 0 Å². The van der Waals surface area contributed by atoms with Crippen LogP contribution in [0.2, 0.25) is 0 Å². The number of nitrogens with one attached hydrogen (secondary N) is 1. The second-order valence-corrected chi connectivity index (χ2v) is 7.65. The van der Waals surface area contributed by atoms with Crippen molar-refractivity contribution < 1.29 is 14.7 Å². The largest absolute Gasteiger partial charge is 0.478 e. The van der Waals surface area contributed by atoms with Crippen LogP contribution in [-0.2, 0) is 11.2 Å². The third kappa shape index (κ3) is 5.58. The van der Waals surface area contributed by atoms with Crippen molar-refractivity contribution in [2.75, 3.05) is 5.32 Å². The highest BCUT2D eigenvalue weighted by atomic mass is 32.1. The van der Waals surface area contributed by atoms with Gasteiger partial charge in [-0.2, -0.15) is 0 Å². The molecule has 0 aliphatic carbocycles. The number of carbonyl (C=O) groups excluding carboxylic acids is 1. The first-order valence-electron chi connectivity index (χ1n) is 9.13. The normalized spacial score (nSPS) is 11.1. The standard InChI is InChI=1S/C22H21N3O3S/c1-14(2)18-13-29-21(24-18)8-7-15-9-10-23-19(11-15)25-20(26)12-16-5-3-4-6-17(16)22(27)28/h3-11,13-14H,12H2,1-2H3,(H,27,28)(H,23,25,26). The summed E-state index contributed by atoms with van der Waals surface area (Å²) in [5.74, 6) is -0.579. The van der Waals surface area contributed by atoms with Crippen LogP contribution in [0.1, 0.15) is 52.0 Å². The molecule has 3 rings (SSSR count). The first-order valence-corrected chi connectivity index (χ1v) is 10.0. The Labute approximate surface area is 173 Å². The lowest BCUT2D eigenvalue weighted by molar-refractivity contribution is -0.115. The van der Waals surface area contributed by atoms with E-state index in [4.69, 9.17) is 0 Å². The lowest BCUT2D eigenvalue weighted by Crippen LogP contribution is -2.17. The van der Waals surface area contributed by atoms with Gasteiger partial charge in [-0.05, 0) is 41.3 Å². The van der Waals surface area contributed by atoms with Crippen molar-refractivity contribution in [3.8, 4) is 0 Å². The monoisotopic (exact) mass is 407 g/mol. The molecule has 0 radical (unpaired) electrons. The van der Waals surface area contributed by atoms with Gasteiger partial charge < -0.3 is 10.4 Å². The number of carbonyl (C=O) groups is 2. The predicted octanol–water partition coefficient (Wildman–Crippen LogP) is 4.71. The molecule has 1 amide bonds. The lowest BCUT2D eigenvalue weighted by atomic mass is 10.0. The molecular weight excluding hydrogens is 386 g/mol. The number of amides is 1. The topological polar surface area (TPSA) is 92.2 Å². The van der Waals surface area contributed by atoms with Crippen molar-refractivity contribution in [3.63, 3.8) is 0 Å². The van der Waals surface area contributed by atoms with Gasteiger partial charge in [0.1, 0.15) is 10.8 Å². The Morgan fingerprint density at radius 2 is 2.00 bits per heavy atom. The average molecular weight is 407 g/mol. The molecule has 0 atom stereocenters. The minimum atomic E-state index is -1.05. The molecule has 0 saturated heterocycles. The summed E-state index contributed by atoms with van der Waals surface area (Å²) >= 11 is 1.59. The van der Waals surface area contributed by atoms with Crippen LogP contribution in [0.5, 0.6) is 0 Å². The van der Waals surface area contributed by atoms with E-state index in [9.17, 15) is 14.7 Å². The molecule has 2 heterocycles. The maximum atomic E-state index is 12.3. The van der Waals surface area contributed by atoms with Crippen LogP contribution in [0.4, 0.5) is 5.82 Å². The molecule has 3 aromatic rings. The molecule has 0 unspecified atom stereocenters. The highest BCUT2D eigenvalue weighted by Crippen LogP contribution is 2.20. The van der Waals surface area contributed by atoms with Crippen LogP contribution < -0.4 is 5.32 Å². The number of hydrogen-bond donors (Lipinski definition) is 2. The fourth-order valence-electron chi connectivity index (χ4n) is 2.67. The average Bonchev–Trinajstić information content (AvgIpc) is 3.16. The zero-order valence-corrected chi connectivity index (χ0v) is 16.9. The van der Waals surface area contributed by atoms with E-state index in [0.717, 1.165) is 16.3 Å². The molecule has 29 heavy (non-hydrogen) atoms. The maximum absolute atomic E-state index is 12.3. The Morgan fingerprint density at radius 3 is 2.72 bits per heavy atom. The first-order chi connectivity index (χ1) is 13.9. The molecule has 2 aromatic heterocycles. The number of nitrogens with zero attached hydrogens (tertiary/aromatic N) is 2. The van der Waals surface area contributed by atoms with Gasteiger partial charge in [-0.1, -0.05) is 38.1 Å². The van der Waals surface area contributed by atoms with E-state index >= 15 is 0 Å². The Morgan fingerprint density at radius 1 is 1.21 bits per heavy atom. The molecule has 6 nitrogen and oxygen atoms in total. The Bertz CT molecular complexity index is 1060. The zero-order valence-electron chi connectivity index (χ0n) is 16.1. The summed E-state index contributed by atoms with van der Waals surface area (Å²) in [6, 6.07) is 10.1. The predicted molar refractivity (Wildman–Crippen MR) is 115 cm³/mol. The van der Waals surface area contributed by atoms with Gasteiger partial charge >= 0.3 is 5.97 Å². The minimum absolute atomic E-state index is 0.0404. The van der Waals surface area contributed by atoms with E-state index in [2.05, 4.69) is 34.5 Å². The number of carboxylic acid groups (broad SMARTS) is 1. The second-order valence-electron chi connectivity index (χ2n) is 6.76. The van der Waals surface area contributed by atoms with E-state index in [1.54, 1.807) is 41.8 Å². The molecule has 0 bridgehead atoms. The summed E-state index contributed by atoms with van der Waals surface area (Å²) in [6.45, 7) is 4.21. The van der Waals surface area contributed by atoms with Gasteiger partial charge in [0.2, 0.25) is 5.91 Å². The molecular formula is C22H21N3O3S. The van der Waals surface area contributed by atoms with Gasteiger partial charge in [0.05, 0.1) is 17.7 Å². The number of thiazole rings is 1. The first kappa shape index (κ1) is 20.4. The summed E-state index contributed by atoms with van der Waals surface area (Å²) in [4.78, 5) is 32.4. The highest BCUT2D eigenvalue weighted by molar-refractivity contribution is 7.10. The van der Waals surface area contributed by atoms with Crippen LogP contribution >= 0.6 is 11.3 Å². The summed E-state index contributed by atoms with van der Waals surface area (Å²) in [5.41, 5.74) is 2.52. The number of anilines is 1. The van der Waals surface area contributed by atoms with E-state index in [1.165, 1.54) is 6.07 Å². The summed E-state index contributed by atoms with van der Waals surface area (Å²) in [6.07, 6.45) is 5.42. The number of rotatable bonds is 7. The smallest absolute Gasteiger partial charge is 0.335 e. The van der Waals surface area contributed by atoms with Crippen molar-refractivity contribution >= 4 is 41.2 Å². The minimum Gasteiger partial charge on any atom is -0.478 e. The van der Waals surface area contributed by atoms with Crippen molar-refractivity contribution in [2.45, 2.75) is 26.2 Å². The third-order valence-corrected chi connectivity index (χ3v) is 5.03. The molecule has 0 spiro atoms. The molecule has 1 aromatic carbocycles. The SMILES string of the molecule is CC(C)c1csc(C=Cc2ccnc(NC(=O)Cc3ccccc3C(=O)O)c2)n1. The van der Waals surface area contributed by atoms with Crippen LogP contribution in [0.3, 0.4) is 0 Å². The molecule has 0 saturated carbocycles. The van der Waals surface area contributed by atoms with E-state index in [-0.39, 0.29) is 17.9 Å². The van der Waals surface area contributed by atoms with Gasteiger partial charge in [0, 0.05) is 11.6 Å². The summed E-state index contributed by atoms with van der Waals surface area (Å²) < 4.78 is 0. The third-order valence-electron chi connectivity index (χ3n) is 4.20. The summed E-state index contributed by atoms with van der Waals surface area (Å²) in [7, 11) is 0. The van der Waals surface area contributed by atoms with Crippen LogP contribution in [0.15, 0.2) is 48.0 Å². The summed E-state index contributed by atoms with van der Waals surface area (Å²) in [5, 5.41) is 14.9. The van der Waals surface area contributed by atoms with E-state index < -0.39 is 5.97 Å². The lowest BCUT2D eigenvalue weighted by Gasteiger charge is -2.07. The molecule has 7 heteroatoms. The maximum Gasteiger partial charge on any atom is 0.335 e. The second kappa shape index (κ2) is 9.25. The van der Waals surface area contributed by atoms with Crippen LogP contribution in [0.25, 0.3) is 12.2 Å². The van der Waals surface area contributed by atoms with E-state index in [1.807, 2.05) is 18.2 Å². The Hall–Kier alpha value is -3.32. The van der Waals surface area contributed by atoms with Gasteiger partial charge in [-0.15, -0.1) is 11.3 Å². The molecule has 148 valence electrons. The van der Waals surface area contributed by atoms with Gasteiger partial charge in [-0.3, -0.25) is 4.79 Å². The quantitative estimate of drug-likeness (QED) is 0.592. The number of benzene rings is 1. The highest BCUT2D eigenvalue weighted by Gasteiger charge is 2.13. The number of aromatic nitrogens is 2. The zero-order chi connectivity index (χ0) is 20.8. The number of aromatic carboxylic acids is 1. The van der Waals surface area contributed by atoms with Gasteiger partial charge in [0.25, 0.3) is 0 Å². The number of pyridine rings is 1. The van der Waals surface area contributed by atoms with Crippen molar-refractivity contribution in [1.29, 1.82) is 0 Å². The Kier molecular flexibility index (Phi) is 6.51. The van der Waals surface area contributed by atoms with Gasteiger partial charge in [-0.25, -0.2) is 14.8 Å². The molecule has 0 aliphatic heterocycles. The van der Waals surface area contributed by atoms with Crippen molar-refractivity contribution in [3.05, 3.63) is 75.4 Å². The fraction of sp³-hybridized carbons (Fsp3) is 0.182.